The fourth-order valence-electron chi connectivity index (χ4n) is 3.44. The van der Waals surface area contributed by atoms with Gasteiger partial charge in [-0.2, -0.15) is 14.9 Å². The summed E-state index contributed by atoms with van der Waals surface area (Å²) < 4.78 is 26.6. The highest BCUT2D eigenvalue weighted by atomic mass is 32.2. The normalized spacial score (nSPS) is 19.4. The topological polar surface area (TPSA) is 99.2 Å². The van der Waals surface area contributed by atoms with Gasteiger partial charge in [0.2, 0.25) is 0 Å². The number of nitrogens with zero attached hydrogens (tertiary/aromatic N) is 5. The molecule has 0 spiro atoms. The first-order chi connectivity index (χ1) is 12.8. The van der Waals surface area contributed by atoms with E-state index in [1.807, 2.05) is 19.2 Å². The minimum absolute atomic E-state index is 0.114. The minimum Gasteiger partial charge on any atom is -0.267 e. The van der Waals surface area contributed by atoms with Gasteiger partial charge in [0, 0.05) is 11.3 Å². The fourth-order valence-corrected chi connectivity index (χ4v) is 5.94. The van der Waals surface area contributed by atoms with E-state index < -0.39 is 9.84 Å². The SMILES string of the molecule is Cc1nn([C@H]2CCS(=O)(=O)C2)c(C)c1/C=N\n1c(C)nc2sccc2c1=O. The first-order valence-electron chi connectivity index (χ1n) is 8.54. The van der Waals surface area contributed by atoms with E-state index in [9.17, 15) is 13.2 Å². The van der Waals surface area contributed by atoms with Gasteiger partial charge in [-0.05, 0) is 38.6 Å². The third-order valence-corrected chi connectivity index (χ3v) is 7.43. The van der Waals surface area contributed by atoms with Crippen molar-refractivity contribution in [3.8, 4) is 0 Å². The summed E-state index contributed by atoms with van der Waals surface area (Å²) in [6.45, 7) is 5.48. The summed E-state index contributed by atoms with van der Waals surface area (Å²) in [6.07, 6.45) is 2.17. The standard InChI is InChI=1S/C17H19N5O3S2/c1-10-15(11(2)21(20-10)13-5-7-27(24,25)9-13)8-18-22-12(3)19-16-14(17(22)23)4-6-26-16/h4,6,8,13H,5,7,9H2,1-3H3/b18-8-/t13-/m0/s1. The van der Waals surface area contributed by atoms with Crippen LogP contribution in [0.15, 0.2) is 21.3 Å². The van der Waals surface area contributed by atoms with Gasteiger partial charge in [0.1, 0.15) is 10.7 Å². The monoisotopic (exact) mass is 405 g/mol. The molecule has 3 aromatic heterocycles. The van der Waals surface area contributed by atoms with Gasteiger partial charge in [-0.3, -0.25) is 9.48 Å². The maximum atomic E-state index is 12.6. The Labute approximate surface area is 160 Å². The number of thiophene rings is 1. The van der Waals surface area contributed by atoms with Crippen LogP contribution in [-0.2, 0) is 9.84 Å². The number of hydrogen-bond acceptors (Lipinski definition) is 7. The van der Waals surface area contributed by atoms with Crippen LogP contribution in [0.1, 0.15) is 35.2 Å². The summed E-state index contributed by atoms with van der Waals surface area (Å²) in [5.41, 5.74) is 2.17. The van der Waals surface area contributed by atoms with E-state index in [0.717, 1.165) is 17.0 Å². The molecule has 142 valence electrons. The van der Waals surface area contributed by atoms with E-state index in [4.69, 9.17) is 0 Å². The number of rotatable bonds is 3. The first kappa shape index (κ1) is 18.1. The molecule has 1 fully saturated rings. The van der Waals surface area contributed by atoms with E-state index in [1.54, 1.807) is 23.9 Å². The second kappa shape index (κ2) is 6.38. The summed E-state index contributed by atoms with van der Waals surface area (Å²) in [6, 6.07) is 1.60. The molecule has 0 bridgehead atoms. The average Bonchev–Trinajstić information content (AvgIpc) is 3.27. The number of sulfone groups is 1. The van der Waals surface area contributed by atoms with Crippen LogP contribution in [-0.4, -0.2) is 45.6 Å². The zero-order valence-corrected chi connectivity index (χ0v) is 16.8. The Morgan fingerprint density at radius 3 is 2.81 bits per heavy atom. The summed E-state index contributed by atoms with van der Waals surface area (Å²) in [4.78, 5) is 17.7. The lowest BCUT2D eigenvalue weighted by atomic mass is 10.2. The van der Waals surface area contributed by atoms with Crippen LogP contribution in [0.5, 0.6) is 0 Å². The van der Waals surface area contributed by atoms with E-state index in [0.29, 0.717) is 22.5 Å². The van der Waals surface area contributed by atoms with Crippen LogP contribution in [0.3, 0.4) is 0 Å². The third kappa shape index (κ3) is 3.12. The summed E-state index contributed by atoms with van der Waals surface area (Å²) in [5, 5.41) is 11.2. The van der Waals surface area contributed by atoms with Crippen LogP contribution in [0.2, 0.25) is 0 Å². The van der Waals surface area contributed by atoms with E-state index in [1.165, 1.54) is 16.0 Å². The highest BCUT2D eigenvalue weighted by Gasteiger charge is 2.31. The van der Waals surface area contributed by atoms with Gasteiger partial charge in [-0.25, -0.2) is 13.4 Å². The van der Waals surface area contributed by atoms with Crippen molar-refractivity contribution in [3.63, 3.8) is 0 Å². The smallest absolute Gasteiger partial charge is 0.267 e. The molecule has 0 radical (unpaired) electrons. The zero-order valence-electron chi connectivity index (χ0n) is 15.2. The molecule has 1 atom stereocenters. The van der Waals surface area contributed by atoms with Crippen molar-refractivity contribution >= 4 is 37.6 Å². The van der Waals surface area contributed by atoms with Gasteiger partial charge in [-0.15, -0.1) is 11.3 Å². The Morgan fingerprint density at radius 1 is 1.33 bits per heavy atom. The molecule has 0 aliphatic carbocycles. The lowest BCUT2D eigenvalue weighted by Crippen LogP contribution is -2.20. The Hall–Kier alpha value is -2.33. The quantitative estimate of drug-likeness (QED) is 0.619. The highest BCUT2D eigenvalue weighted by Crippen LogP contribution is 2.26. The number of aryl methyl sites for hydroxylation is 2. The second-order valence-electron chi connectivity index (χ2n) is 6.75. The number of fused-ring (bicyclic) bond motifs is 1. The summed E-state index contributed by atoms with van der Waals surface area (Å²) in [7, 11) is -2.99. The average molecular weight is 406 g/mol. The van der Waals surface area contributed by atoms with Gasteiger partial charge < -0.3 is 0 Å². The molecular weight excluding hydrogens is 386 g/mol. The van der Waals surface area contributed by atoms with Crippen molar-refractivity contribution in [2.24, 2.45) is 5.10 Å². The van der Waals surface area contributed by atoms with E-state index >= 15 is 0 Å². The molecule has 4 rings (SSSR count). The van der Waals surface area contributed by atoms with Crippen molar-refractivity contribution in [2.45, 2.75) is 33.2 Å². The molecule has 27 heavy (non-hydrogen) atoms. The molecule has 0 unspecified atom stereocenters. The van der Waals surface area contributed by atoms with Gasteiger partial charge in [-0.1, -0.05) is 0 Å². The molecule has 4 heterocycles. The van der Waals surface area contributed by atoms with Crippen LogP contribution in [0.4, 0.5) is 0 Å². The molecule has 0 N–H and O–H groups in total. The van der Waals surface area contributed by atoms with Gasteiger partial charge in [0.05, 0.1) is 34.8 Å². The summed E-state index contributed by atoms with van der Waals surface area (Å²) in [5.74, 6) is 0.819. The van der Waals surface area contributed by atoms with Crippen molar-refractivity contribution in [1.29, 1.82) is 0 Å². The number of hydrogen-bond donors (Lipinski definition) is 0. The van der Waals surface area contributed by atoms with Crippen LogP contribution >= 0.6 is 11.3 Å². The van der Waals surface area contributed by atoms with E-state index in [-0.39, 0.29) is 23.1 Å². The molecule has 0 saturated carbocycles. The second-order valence-corrected chi connectivity index (χ2v) is 9.87. The molecule has 0 aromatic carbocycles. The molecule has 1 aliphatic heterocycles. The maximum Gasteiger partial charge on any atom is 0.282 e. The molecule has 8 nitrogen and oxygen atoms in total. The van der Waals surface area contributed by atoms with Gasteiger partial charge >= 0.3 is 0 Å². The minimum atomic E-state index is -2.99. The van der Waals surface area contributed by atoms with E-state index in [2.05, 4.69) is 15.2 Å². The Morgan fingerprint density at radius 2 is 2.11 bits per heavy atom. The predicted molar refractivity (Wildman–Crippen MR) is 106 cm³/mol. The molecule has 1 saturated heterocycles. The fraction of sp³-hybridized carbons (Fsp3) is 0.412. The maximum absolute atomic E-state index is 12.6. The Balaban J connectivity index is 1.73. The largest absolute Gasteiger partial charge is 0.282 e. The lowest BCUT2D eigenvalue weighted by Gasteiger charge is -2.10. The van der Waals surface area contributed by atoms with Crippen LogP contribution < -0.4 is 5.56 Å². The zero-order chi connectivity index (χ0) is 19.3. The molecule has 10 heteroatoms. The first-order valence-corrected chi connectivity index (χ1v) is 11.2. The predicted octanol–water partition coefficient (Wildman–Crippen LogP) is 1.82. The molecule has 0 amide bonds. The van der Waals surface area contributed by atoms with Crippen LogP contribution in [0.25, 0.3) is 10.2 Å². The third-order valence-electron chi connectivity index (χ3n) is 4.87. The van der Waals surface area contributed by atoms with Crippen LogP contribution in [0, 0.1) is 20.8 Å². The number of aromatic nitrogens is 4. The molecule has 3 aromatic rings. The Kier molecular flexibility index (Phi) is 4.26. The van der Waals surface area contributed by atoms with Crippen molar-refractivity contribution in [3.05, 3.63) is 44.6 Å². The highest BCUT2D eigenvalue weighted by molar-refractivity contribution is 7.91. The van der Waals surface area contributed by atoms with Gasteiger partial charge in [0.25, 0.3) is 5.56 Å². The molecular formula is C17H19N5O3S2. The van der Waals surface area contributed by atoms with Crippen molar-refractivity contribution in [2.75, 3.05) is 11.5 Å². The Bertz CT molecular complexity index is 1230. The van der Waals surface area contributed by atoms with Crippen molar-refractivity contribution < 1.29 is 8.42 Å². The van der Waals surface area contributed by atoms with Crippen molar-refractivity contribution in [1.82, 2.24) is 19.4 Å². The van der Waals surface area contributed by atoms with Gasteiger partial charge in [0.15, 0.2) is 9.84 Å². The summed E-state index contributed by atoms with van der Waals surface area (Å²) >= 11 is 1.42. The molecule has 1 aliphatic rings. The lowest BCUT2D eigenvalue weighted by molar-refractivity contribution is 0.486.